The molecule has 0 saturated carbocycles. The Morgan fingerprint density at radius 2 is 2.00 bits per heavy atom. The van der Waals surface area contributed by atoms with Crippen molar-refractivity contribution in [3.05, 3.63) is 57.1 Å². The molecule has 1 amide bonds. The number of rotatable bonds is 6. The highest BCUT2D eigenvalue weighted by Gasteiger charge is 2.20. The monoisotopic (exact) mass is 476 g/mol. The van der Waals surface area contributed by atoms with Gasteiger partial charge in [0.05, 0.1) is 22.2 Å². The van der Waals surface area contributed by atoms with Crippen molar-refractivity contribution >= 4 is 51.9 Å². The fourth-order valence-corrected chi connectivity index (χ4v) is 4.02. The largest absolute Gasteiger partial charge is 0.487 e. The molecule has 0 aromatic heterocycles. The predicted molar refractivity (Wildman–Crippen MR) is 130 cm³/mol. The first-order valence-corrected chi connectivity index (χ1v) is 11.1. The number of carbonyl (C=O) groups excluding carboxylic acids is 1. The van der Waals surface area contributed by atoms with Gasteiger partial charge in [-0.1, -0.05) is 18.5 Å². The molecule has 0 bridgehead atoms. The Morgan fingerprint density at radius 1 is 1.28 bits per heavy atom. The standard InChI is InChI=1S/C22H25ClN4O4S/c1-3-31-20-7-4-15(12-19(20)27(29)30)21(28)25-22(32)24-16-5-6-18(17(23)13-16)26-10-8-14(2)9-11-26/h4-7,12-14H,3,8-11H2,1-2H3,(H2,24,25,28,32). The highest BCUT2D eigenvalue weighted by Crippen LogP contribution is 2.32. The number of amides is 1. The van der Waals surface area contributed by atoms with Gasteiger partial charge >= 0.3 is 5.69 Å². The SMILES string of the molecule is CCOc1ccc(C(=O)NC(=S)Nc2ccc(N3CCC(C)CC3)c(Cl)c2)cc1[N+](=O)[O-]. The van der Waals surface area contributed by atoms with Crippen LogP contribution in [0, 0.1) is 16.0 Å². The second-order valence-corrected chi connectivity index (χ2v) is 8.43. The number of benzene rings is 2. The van der Waals surface area contributed by atoms with Gasteiger partial charge in [-0.15, -0.1) is 0 Å². The van der Waals surface area contributed by atoms with Crippen LogP contribution in [-0.4, -0.2) is 35.6 Å². The molecule has 0 atom stereocenters. The van der Waals surface area contributed by atoms with Crippen LogP contribution in [0.1, 0.15) is 37.0 Å². The van der Waals surface area contributed by atoms with Crippen molar-refractivity contribution in [1.29, 1.82) is 0 Å². The molecule has 0 spiro atoms. The smallest absolute Gasteiger partial charge is 0.311 e. The molecule has 1 aliphatic heterocycles. The molecule has 32 heavy (non-hydrogen) atoms. The van der Waals surface area contributed by atoms with Crippen molar-refractivity contribution in [2.24, 2.45) is 5.92 Å². The van der Waals surface area contributed by atoms with Crippen LogP contribution in [0.15, 0.2) is 36.4 Å². The van der Waals surface area contributed by atoms with Crippen LogP contribution in [0.25, 0.3) is 0 Å². The number of thiocarbonyl (C=S) groups is 1. The van der Waals surface area contributed by atoms with E-state index in [4.69, 9.17) is 28.6 Å². The van der Waals surface area contributed by atoms with Gasteiger partial charge in [-0.2, -0.15) is 0 Å². The molecular formula is C22H25ClN4O4S. The van der Waals surface area contributed by atoms with Gasteiger partial charge in [-0.3, -0.25) is 20.2 Å². The zero-order valence-electron chi connectivity index (χ0n) is 17.9. The summed E-state index contributed by atoms with van der Waals surface area (Å²) in [6.07, 6.45) is 2.27. The van der Waals surface area contributed by atoms with E-state index in [-0.39, 0.29) is 28.7 Å². The number of piperidine rings is 1. The Hall–Kier alpha value is -2.91. The number of halogens is 1. The molecule has 2 N–H and O–H groups in total. The fourth-order valence-electron chi connectivity index (χ4n) is 3.51. The third kappa shape index (κ3) is 5.86. The van der Waals surface area contributed by atoms with Gasteiger partial charge < -0.3 is 15.0 Å². The van der Waals surface area contributed by atoms with Crippen molar-refractivity contribution in [3.63, 3.8) is 0 Å². The number of hydrogen-bond donors (Lipinski definition) is 2. The quantitative estimate of drug-likeness (QED) is 0.343. The molecule has 1 aliphatic rings. The van der Waals surface area contributed by atoms with Crippen LogP contribution >= 0.6 is 23.8 Å². The summed E-state index contributed by atoms with van der Waals surface area (Å²) in [7, 11) is 0. The summed E-state index contributed by atoms with van der Waals surface area (Å²) in [6.45, 7) is 6.19. The third-order valence-electron chi connectivity index (χ3n) is 5.27. The number of ether oxygens (including phenoxy) is 1. The summed E-state index contributed by atoms with van der Waals surface area (Å²) < 4.78 is 5.24. The van der Waals surface area contributed by atoms with Gasteiger partial charge in [0.1, 0.15) is 0 Å². The lowest BCUT2D eigenvalue weighted by molar-refractivity contribution is -0.385. The zero-order valence-corrected chi connectivity index (χ0v) is 19.5. The molecule has 1 heterocycles. The van der Waals surface area contributed by atoms with Gasteiger partial charge in [0.2, 0.25) is 0 Å². The van der Waals surface area contributed by atoms with E-state index in [9.17, 15) is 14.9 Å². The number of nitro benzene ring substituents is 1. The molecule has 0 unspecified atom stereocenters. The van der Waals surface area contributed by atoms with E-state index in [2.05, 4.69) is 22.5 Å². The van der Waals surface area contributed by atoms with Crippen LogP contribution in [0.2, 0.25) is 5.02 Å². The van der Waals surface area contributed by atoms with Crippen molar-refractivity contribution < 1.29 is 14.5 Å². The lowest BCUT2D eigenvalue weighted by Crippen LogP contribution is -2.34. The maximum Gasteiger partial charge on any atom is 0.311 e. The number of nitrogens with one attached hydrogen (secondary N) is 2. The molecule has 170 valence electrons. The number of hydrogen-bond acceptors (Lipinski definition) is 6. The van der Waals surface area contributed by atoms with E-state index in [1.165, 1.54) is 12.1 Å². The average molecular weight is 477 g/mol. The van der Waals surface area contributed by atoms with Crippen LogP contribution in [-0.2, 0) is 0 Å². The number of anilines is 2. The van der Waals surface area contributed by atoms with Crippen LogP contribution < -0.4 is 20.3 Å². The van der Waals surface area contributed by atoms with Gasteiger partial charge in [0.15, 0.2) is 10.9 Å². The first-order chi connectivity index (χ1) is 15.3. The van der Waals surface area contributed by atoms with Crippen molar-refractivity contribution in [3.8, 4) is 5.75 Å². The molecule has 0 radical (unpaired) electrons. The average Bonchev–Trinajstić information content (AvgIpc) is 2.75. The van der Waals surface area contributed by atoms with Crippen LogP contribution in [0.5, 0.6) is 5.75 Å². The summed E-state index contributed by atoms with van der Waals surface area (Å²) in [5, 5.41) is 17.4. The Bertz CT molecular complexity index is 1020. The lowest BCUT2D eigenvalue weighted by Gasteiger charge is -2.32. The normalized spacial score (nSPS) is 14.0. The molecular weight excluding hydrogens is 452 g/mol. The molecule has 2 aromatic carbocycles. The highest BCUT2D eigenvalue weighted by atomic mass is 35.5. The highest BCUT2D eigenvalue weighted by molar-refractivity contribution is 7.80. The summed E-state index contributed by atoms with van der Waals surface area (Å²) in [4.78, 5) is 25.4. The molecule has 2 aromatic rings. The van der Waals surface area contributed by atoms with Crippen molar-refractivity contribution in [2.75, 3.05) is 29.9 Å². The van der Waals surface area contributed by atoms with Crippen molar-refractivity contribution in [1.82, 2.24) is 5.32 Å². The van der Waals surface area contributed by atoms with E-state index >= 15 is 0 Å². The molecule has 8 nitrogen and oxygen atoms in total. The molecule has 3 rings (SSSR count). The van der Waals surface area contributed by atoms with Crippen LogP contribution in [0.4, 0.5) is 17.1 Å². The fraction of sp³-hybridized carbons (Fsp3) is 0.364. The molecule has 0 aliphatic carbocycles. The van der Waals surface area contributed by atoms with E-state index in [1.807, 2.05) is 12.1 Å². The first-order valence-electron chi connectivity index (χ1n) is 10.4. The number of carbonyl (C=O) groups is 1. The minimum absolute atomic E-state index is 0.0575. The summed E-state index contributed by atoms with van der Waals surface area (Å²) >= 11 is 11.7. The van der Waals surface area contributed by atoms with Gasteiger partial charge in [-0.25, -0.2) is 0 Å². The molecule has 1 fully saturated rings. The van der Waals surface area contributed by atoms with E-state index in [1.54, 1.807) is 13.0 Å². The maximum absolute atomic E-state index is 12.5. The van der Waals surface area contributed by atoms with Crippen molar-refractivity contribution in [2.45, 2.75) is 26.7 Å². The summed E-state index contributed by atoms with van der Waals surface area (Å²) in [5.41, 5.74) is 1.41. The minimum Gasteiger partial charge on any atom is -0.487 e. The molecule has 10 heteroatoms. The lowest BCUT2D eigenvalue weighted by atomic mass is 9.99. The van der Waals surface area contributed by atoms with E-state index in [0.29, 0.717) is 10.7 Å². The summed E-state index contributed by atoms with van der Waals surface area (Å²) in [5.74, 6) is 0.259. The third-order valence-corrected chi connectivity index (χ3v) is 5.78. The number of nitrogens with zero attached hydrogens (tertiary/aromatic N) is 2. The summed E-state index contributed by atoms with van der Waals surface area (Å²) in [6, 6.07) is 9.54. The minimum atomic E-state index is -0.592. The maximum atomic E-state index is 12.5. The predicted octanol–water partition coefficient (Wildman–Crippen LogP) is 5.01. The van der Waals surface area contributed by atoms with Crippen LogP contribution in [0.3, 0.4) is 0 Å². The first kappa shape index (κ1) is 23.7. The van der Waals surface area contributed by atoms with Gasteiger partial charge in [0, 0.05) is 30.4 Å². The van der Waals surface area contributed by atoms with Gasteiger partial charge in [0.25, 0.3) is 5.91 Å². The van der Waals surface area contributed by atoms with E-state index < -0.39 is 10.8 Å². The zero-order chi connectivity index (χ0) is 23.3. The number of nitro groups is 1. The Labute approximate surface area is 197 Å². The second kappa shape index (κ2) is 10.6. The van der Waals surface area contributed by atoms with E-state index in [0.717, 1.165) is 43.6 Å². The van der Waals surface area contributed by atoms with Gasteiger partial charge in [-0.05, 0) is 68.2 Å². The second-order valence-electron chi connectivity index (χ2n) is 7.62. The Morgan fingerprint density at radius 3 is 2.62 bits per heavy atom. The molecule has 1 saturated heterocycles. The Kier molecular flexibility index (Phi) is 7.87. The topological polar surface area (TPSA) is 96.7 Å². The Balaban J connectivity index is 1.64.